The summed E-state index contributed by atoms with van der Waals surface area (Å²) >= 11 is 0. The Labute approximate surface area is 59.6 Å². The van der Waals surface area contributed by atoms with E-state index in [-0.39, 0.29) is 12.2 Å². The molecule has 4 nitrogen and oxygen atoms in total. The fourth-order valence-electron chi connectivity index (χ4n) is 1.08. The Morgan fingerprint density at radius 2 is 2.40 bits per heavy atom. The normalized spacial score (nSPS) is 33.7. The van der Waals surface area contributed by atoms with E-state index in [0.29, 0.717) is 6.42 Å². The second-order valence-electron chi connectivity index (χ2n) is 2.52. The van der Waals surface area contributed by atoms with Crippen LogP contribution in [0.3, 0.4) is 0 Å². The van der Waals surface area contributed by atoms with Crippen LogP contribution in [0, 0.1) is 0 Å². The molecule has 0 bridgehead atoms. The quantitative estimate of drug-likeness (QED) is 0.458. The van der Waals surface area contributed by atoms with E-state index in [2.05, 4.69) is 10.6 Å². The number of carboxylic acids is 1. The highest BCUT2D eigenvalue weighted by atomic mass is 16.4. The third-order valence-electron chi connectivity index (χ3n) is 1.63. The molecule has 4 heteroatoms. The van der Waals surface area contributed by atoms with Crippen molar-refractivity contribution in [1.29, 1.82) is 0 Å². The minimum Gasteiger partial charge on any atom is -0.480 e. The average molecular weight is 144 g/mol. The van der Waals surface area contributed by atoms with Crippen LogP contribution in [0.2, 0.25) is 0 Å². The fraction of sp³-hybridized carbons (Fsp3) is 0.833. The Hall–Kier alpha value is -0.610. The molecule has 3 N–H and O–H groups in total. The van der Waals surface area contributed by atoms with Crippen LogP contribution in [0.1, 0.15) is 13.3 Å². The highest BCUT2D eigenvalue weighted by Gasteiger charge is 2.22. The second kappa shape index (κ2) is 2.98. The SMILES string of the molecule is CC1NCC[C@H](C(=O)O)N1. The van der Waals surface area contributed by atoms with Crippen molar-refractivity contribution in [2.45, 2.75) is 25.6 Å². The van der Waals surface area contributed by atoms with Gasteiger partial charge in [0.2, 0.25) is 0 Å². The van der Waals surface area contributed by atoms with Crippen LogP contribution in [0.4, 0.5) is 0 Å². The summed E-state index contributed by atoms with van der Waals surface area (Å²) in [5.74, 6) is -0.756. The summed E-state index contributed by atoms with van der Waals surface area (Å²) in [6, 6.07) is -0.365. The van der Waals surface area contributed by atoms with Crippen LogP contribution in [-0.4, -0.2) is 29.8 Å². The van der Waals surface area contributed by atoms with E-state index < -0.39 is 5.97 Å². The fourth-order valence-corrected chi connectivity index (χ4v) is 1.08. The zero-order chi connectivity index (χ0) is 7.56. The molecule has 0 aliphatic carbocycles. The van der Waals surface area contributed by atoms with Crippen LogP contribution >= 0.6 is 0 Å². The van der Waals surface area contributed by atoms with E-state index in [1.54, 1.807) is 0 Å². The van der Waals surface area contributed by atoms with Crippen molar-refractivity contribution >= 4 is 5.97 Å². The Morgan fingerprint density at radius 1 is 1.70 bits per heavy atom. The molecule has 0 aromatic heterocycles. The predicted molar refractivity (Wildman–Crippen MR) is 36.6 cm³/mol. The topological polar surface area (TPSA) is 61.4 Å². The first-order valence-electron chi connectivity index (χ1n) is 3.42. The summed E-state index contributed by atoms with van der Waals surface area (Å²) in [4.78, 5) is 10.4. The molecular formula is C6H12N2O2. The third kappa shape index (κ3) is 1.68. The smallest absolute Gasteiger partial charge is 0.320 e. The van der Waals surface area contributed by atoms with Gasteiger partial charge in [0.1, 0.15) is 6.04 Å². The Morgan fingerprint density at radius 3 is 2.80 bits per heavy atom. The molecule has 1 aliphatic rings. The lowest BCUT2D eigenvalue weighted by Crippen LogP contribution is -2.54. The van der Waals surface area contributed by atoms with Crippen molar-refractivity contribution in [3.05, 3.63) is 0 Å². The molecule has 0 spiro atoms. The van der Waals surface area contributed by atoms with E-state index >= 15 is 0 Å². The Bertz CT molecular complexity index is 138. The summed E-state index contributed by atoms with van der Waals surface area (Å²) in [7, 11) is 0. The van der Waals surface area contributed by atoms with Crippen molar-refractivity contribution in [1.82, 2.24) is 10.6 Å². The van der Waals surface area contributed by atoms with Crippen molar-refractivity contribution < 1.29 is 9.90 Å². The number of carbonyl (C=O) groups is 1. The molecule has 2 atom stereocenters. The minimum atomic E-state index is -0.756. The van der Waals surface area contributed by atoms with Gasteiger partial charge in [-0.2, -0.15) is 0 Å². The maximum atomic E-state index is 10.4. The number of nitrogens with one attached hydrogen (secondary N) is 2. The Balaban J connectivity index is 2.39. The molecule has 1 rings (SSSR count). The third-order valence-corrected chi connectivity index (χ3v) is 1.63. The van der Waals surface area contributed by atoms with Crippen molar-refractivity contribution in [2.24, 2.45) is 0 Å². The van der Waals surface area contributed by atoms with Gasteiger partial charge >= 0.3 is 5.97 Å². The maximum absolute atomic E-state index is 10.4. The standard InChI is InChI=1S/C6H12N2O2/c1-4-7-3-2-5(8-4)6(9)10/h4-5,7-8H,2-3H2,1H3,(H,9,10)/t4?,5-/m1/s1. The lowest BCUT2D eigenvalue weighted by atomic mass is 10.1. The van der Waals surface area contributed by atoms with Crippen molar-refractivity contribution in [3.63, 3.8) is 0 Å². The van der Waals surface area contributed by atoms with Crippen LogP contribution in [0.5, 0.6) is 0 Å². The first kappa shape index (κ1) is 7.50. The van der Waals surface area contributed by atoms with Crippen LogP contribution in [-0.2, 0) is 4.79 Å². The first-order valence-corrected chi connectivity index (χ1v) is 3.42. The lowest BCUT2D eigenvalue weighted by molar-refractivity contribution is -0.140. The summed E-state index contributed by atoms with van der Waals surface area (Å²) < 4.78 is 0. The van der Waals surface area contributed by atoms with Gasteiger partial charge in [0, 0.05) is 0 Å². The Kier molecular flexibility index (Phi) is 2.24. The number of aliphatic carboxylic acids is 1. The molecule has 0 saturated carbocycles. The van der Waals surface area contributed by atoms with E-state index in [4.69, 9.17) is 5.11 Å². The molecule has 1 fully saturated rings. The predicted octanol–water partition coefficient (Wildman–Crippen LogP) is -0.631. The van der Waals surface area contributed by atoms with E-state index in [9.17, 15) is 4.79 Å². The van der Waals surface area contributed by atoms with Crippen LogP contribution in [0.25, 0.3) is 0 Å². The number of hydrogen-bond donors (Lipinski definition) is 3. The van der Waals surface area contributed by atoms with Crippen molar-refractivity contribution in [3.8, 4) is 0 Å². The molecule has 58 valence electrons. The van der Waals surface area contributed by atoms with Gasteiger partial charge in [-0.05, 0) is 19.9 Å². The molecule has 0 radical (unpaired) electrons. The van der Waals surface area contributed by atoms with E-state index in [1.807, 2.05) is 6.92 Å². The van der Waals surface area contributed by atoms with E-state index in [1.165, 1.54) is 0 Å². The number of hydrogen-bond acceptors (Lipinski definition) is 3. The summed E-state index contributed by atoms with van der Waals surface area (Å²) in [5, 5.41) is 14.6. The summed E-state index contributed by atoms with van der Waals surface area (Å²) in [5.41, 5.74) is 0. The van der Waals surface area contributed by atoms with Gasteiger partial charge in [0.25, 0.3) is 0 Å². The van der Waals surface area contributed by atoms with Gasteiger partial charge in [-0.1, -0.05) is 0 Å². The first-order chi connectivity index (χ1) is 4.70. The maximum Gasteiger partial charge on any atom is 0.320 e. The zero-order valence-electron chi connectivity index (χ0n) is 5.92. The van der Waals surface area contributed by atoms with Crippen molar-refractivity contribution in [2.75, 3.05) is 6.54 Å². The van der Waals surface area contributed by atoms with E-state index in [0.717, 1.165) is 6.54 Å². The lowest BCUT2D eigenvalue weighted by Gasteiger charge is -2.26. The van der Waals surface area contributed by atoms with Gasteiger partial charge < -0.3 is 10.4 Å². The minimum absolute atomic E-state index is 0.120. The van der Waals surface area contributed by atoms with Crippen LogP contribution < -0.4 is 10.6 Å². The molecule has 1 saturated heterocycles. The molecule has 1 unspecified atom stereocenters. The van der Waals surface area contributed by atoms with Gasteiger partial charge in [0.05, 0.1) is 6.17 Å². The molecule has 0 amide bonds. The summed E-state index contributed by atoms with van der Waals surface area (Å²) in [6.45, 7) is 2.69. The molecule has 0 aromatic rings. The number of rotatable bonds is 1. The van der Waals surface area contributed by atoms with Crippen LogP contribution in [0.15, 0.2) is 0 Å². The monoisotopic (exact) mass is 144 g/mol. The molecular weight excluding hydrogens is 132 g/mol. The zero-order valence-corrected chi connectivity index (χ0v) is 5.92. The van der Waals surface area contributed by atoms with Gasteiger partial charge in [0.15, 0.2) is 0 Å². The molecule has 1 aliphatic heterocycles. The van der Waals surface area contributed by atoms with Gasteiger partial charge in [-0.15, -0.1) is 0 Å². The molecule has 0 aromatic carbocycles. The molecule has 10 heavy (non-hydrogen) atoms. The highest BCUT2D eigenvalue weighted by Crippen LogP contribution is 1.97. The summed E-state index contributed by atoms with van der Waals surface area (Å²) in [6.07, 6.45) is 0.787. The highest BCUT2D eigenvalue weighted by molar-refractivity contribution is 5.73. The molecule has 1 heterocycles. The van der Waals surface area contributed by atoms with Gasteiger partial charge in [-0.3, -0.25) is 10.1 Å². The largest absolute Gasteiger partial charge is 0.480 e. The van der Waals surface area contributed by atoms with Gasteiger partial charge in [-0.25, -0.2) is 0 Å². The second-order valence-corrected chi connectivity index (χ2v) is 2.52. The number of carboxylic acid groups (broad SMARTS) is 1. The average Bonchev–Trinajstić information content (AvgIpc) is 1.88.